The van der Waals surface area contributed by atoms with Crippen molar-refractivity contribution >= 4 is 5.91 Å². The molecular formula is C10H16N4O. The second-order valence-corrected chi connectivity index (χ2v) is 3.46. The van der Waals surface area contributed by atoms with E-state index in [1.54, 1.807) is 6.20 Å². The van der Waals surface area contributed by atoms with Crippen LogP contribution < -0.4 is 10.6 Å². The predicted molar refractivity (Wildman–Crippen MR) is 57.5 cm³/mol. The lowest BCUT2D eigenvalue weighted by Crippen LogP contribution is -2.32. The zero-order valence-corrected chi connectivity index (χ0v) is 9.03. The van der Waals surface area contributed by atoms with E-state index in [9.17, 15) is 4.79 Å². The minimum atomic E-state index is -0.175. The molecule has 1 atom stereocenters. The SMILES string of the molecule is CNCC(C)CNC(=O)c1cnccn1. The van der Waals surface area contributed by atoms with Gasteiger partial charge in [-0.3, -0.25) is 9.78 Å². The first-order valence-electron chi connectivity index (χ1n) is 4.93. The number of amides is 1. The molecule has 0 aliphatic rings. The fourth-order valence-corrected chi connectivity index (χ4v) is 1.19. The Kier molecular flexibility index (Phi) is 4.70. The average molecular weight is 208 g/mol. The van der Waals surface area contributed by atoms with Gasteiger partial charge in [-0.05, 0) is 19.5 Å². The Morgan fingerprint density at radius 3 is 2.87 bits per heavy atom. The van der Waals surface area contributed by atoms with Gasteiger partial charge in [-0.25, -0.2) is 4.98 Å². The van der Waals surface area contributed by atoms with Crippen LogP contribution >= 0.6 is 0 Å². The Hall–Kier alpha value is -1.49. The molecule has 0 saturated carbocycles. The molecule has 0 aliphatic carbocycles. The van der Waals surface area contributed by atoms with Crippen molar-refractivity contribution in [2.24, 2.45) is 5.92 Å². The zero-order chi connectivity index (χ0) is 11.1. The van der Waals surface area contributed by atoms with Crippen LogP contribution in [0.3, 0.4) is 0 Å². The molecule has 1 aromatic rings. The van der Waals surface area contributed by atoms with Crippen molar-refractivity contribution in [3.8, 4) is 0 Å². The molecule has 0 spiro atoms. The summed E-state index contributed by atoms with van der Waals surface area (Å²) in [4.78, 5) is 19.3. The van der Waals surface area contributed by atoms with Gasteiger partial charge in [0, 0.05) is 18.9 Å². The van der Waals surface area contributed by atoms with Crippen LogP contribution in [0.5, 0.6) is 0 Å². The van der Waals surface area contributed by atoms with Crippen LogP contribution in [0.15, 0.2) is 18.6 Å². The maximum Gasteiger partial charge on any atom is 0.271 e. The lowest BCUT2D eigenvalue weighted by atomic mass is 10.2. The highest BCUT2D eigenvalue weighted by Crippen LogP contribution is 1.93. The van der Waals surface area contributed by atoms with Crippen molar-refractivity contribution in [3.63, 3.8) is 0 Å². The van der Waals surface area contributed by atoms with Crippen LogP contribution in [0.25, 0.3) is 0 Å². The molecule has 2 N–H and O–H groups in total. The number of nitrogens with one attached hydrogen (secondary N) is 2. The molecule has 0 bridgehead atoms. The van der Waals surface area contributed by atoms with E-state index in [1.165, 1.54) is 12.4 Å². The normalized spacial score (nSPS) is 12.1. The standard InChI is InChI=1S/C10H16N4O/c1-8(5-11-2)6-14-10(15)9-7-12-3-4-13-9/h3-4,7-8,11H,5-6H2,1-2H3,(H,14,15). The molecule has 0 aliphatic heterocycles. The quantitative estimate of drug-likeness (QED) is 0.718. The van der Waals surface area contributed by atoms with Crippen LogP contribution in [0.2, 0.25) is 0 Å². The highest BCUT2D eigenvalue weighted by atomic mass is 16.1. The Labute approximate surface area is 89.3 Å². The van der Waals surface area contributed by atoms with Crippen molar-refractivity contribution in [2.75, 3.05) is 20.1 Å². The molecular weight excluding hydrogens is 192 g/mol. The lowest BCUT2D eigenvalue weighted by molar-refractivity contribution is 0.0942. The Morgan fingerprint density at radius 2 is 2.27 bits per heavy atom. The molecule has 0 aromatic carbocycles. The topological polar surface area (TPSA) is 66.9 Å². The summed E-state index contributed by atoms with van der Waals surface area (Å²) in [7, 11) is 1.89. The van der Waals surface area contributed by atoms with Gasteiger partial charge in [0.05, 0.1) is 6.20 Å². The van der Waals surface area contributed by atoms with Crippen LogP contribution in [-0.2, 0) is 0 Å². The number of nitrogens with zero attached hydrogens (tertiary/aromatic N) is 2. The third kappa shape index (κ3) is 4.03. The summed E-state index contributed by atoms with van der Waals surface area (Å²) in [5.74, 6) is 0.224. The molecule has 0 radical (unpaired) electrons. The van der Waals surface area contributed by atoms with E-state index < -0.39 is 0 Å². The van der Waals surface area contributed by atoms with Crippen molar-refractivity contribution in [1.29, 1.82) is 0 Å². The minimum absolute atomic E-state index is 0.175. The number of aromatic nitrogens is 2. The van der Waals surface area contributed by atoms with Gasteiger partial charge in [-0.2, -0.15) is 0 Å². The molecule has 0 fully saturated rings. The van der Waals surface area contributed by atoms with E-state index in [2.05, 4.69) is 27.5 Å². The molecule has 5 heteroatoms. The lowest BCUT2D eigenvalue weighted by Gasteiger charge is -2.11. The summed E-state index contributed by atoms with van der Waals surface area (Å²) in [5, 5.41) is 5.85. The number of rotatable bonds is 5. The summed E-state index contributed by atoms with van der Waals surface area (Å²) >= 11 is 0. The Morgan fingerprint density at radius 1 is 1.47 bits per heavy atom. The molecule has 0 saturated heterocycles. The number of carbonyl (C=O) groups is 1. The molecule has 5 nitrogen and oxygen atoms in total. The third-order valence-corrected chi connectivity index (χ3v) is 1.96. The van der Waals surface area contributed by atoms with Crippen molar-refractivity contribution < 1.29 is 4.79 Å². The van der Waals surface area contributed by atoms with E-state index in [0.29, 0.717) is 18.2 Å². The zero-order valence-electron chi connectivity index (χ0n) is 9.03. The summed E-state index contributed by atoms with van der Waals surface area (Å²) in [6, 6.07) is 0. The number of carbonyl (C=O) groups excluding carboxylic acids is 1. The van der Waals surface area contributed by atoms with Gasteiger partial charge in [0.2, 0.25) is 0 Å². The van der Waals surface area contributed by atoms with Crippen LogP contribution in [0.1, 0.15) is 17.4 Å². The molecule has 1 aromatic heterocycles. The van der Waals surface area contributed by atoms with Gasteiger partial charge in [-0.15, -0.1) is 0 Å². The fourth-order valence-electron chi connectivity index (χ4n) is 1.19. The maximum absolute atomic E-state index is 11.5. The third-order valence-electron chi connectivity index (χ3n) is 1.96. The number of hydrogen-bond acceptors (Lipinski definition) is 4. The fraction of sp³-hybridized carbons (Fsp3) is 0.500. The second-order valence-electron chi connectivity index (χ2n) is 3.46. The predicted octanol–water partition coefficient (Wildman–Crippen LogP) is 0.0619. The van der Waals surface area contributed by atoms with Crippen molar-refractivity contribution in [2.45, 2.75) is 6.92 Å². The highest BCUT2D eigenvalue weighted by molar-refractivity contribution is 5.91. The summed E-state index contributed by atoms with van der Waals surface area (Å²) in [5.41, 5.74) is 0.356. The number of hydrogen-bond donors (Lipinski definition) is 2. The van der Waals surface area contributed by atoms with Gasteiger partial charge in [0.25, 0.3) is 5.91 Å². The van der Waals surface area contributed by atoms with Crippen LogP contribution in [-0.4, -0.2) is 36.0 Å². The van der Waals surface area contributed by atoms with Gasteiger partial charge >= 0.3 is 0 Å². The van der Waals surface area contributed by atoms with E-state index in [-0.39, 0.29) is 5.91 Å². The van der Waals surface area contributed by atoms with Crippen LogP contribution in [0, 0.1) is 5.92 Å². The molecule has 1 heterocycles. The largest absolute Gasteiger partial charge is 0.350 e. The van der Waals surface area contributed by atoms with Crippen molar-refractivity contribution in [1.82, 2.24) is 20.6 Å². The molecule has 1 rings (SSSR count). The Balaban J connectivity index is 2.37. The highest BCUT2D eigenvalue weighted by Gasteiger charge is 2.07. The maximum atomic E-state index is 11.5. The van der Waals surface area contributed by atoms with Crippen molar-refractivity contribution in [3.05, 3.63) is 24.3 Å². The monoisotopic (exact) mass is 208 g/mol. The first-order valence-corrected chi connectivity index (χ1v) is 4.93. The second kappa shape index (κ2) is 6.08. The molecule has 1 unspecified atom stereocenters. The van der Waals surface area contributed by atoms with E-state index in [4.69, 9.17) is 0 Å². The van der Waals surface area contributed by atoms with E-state index in [1.807, 2.05) is 7.05 Å². The summed E-state index contributed by atoms with van der Waals surface area (Å²) in [6.45, 7) is 3.57. The molecule has 1 amide bonds. The van der Waals surface area contributed by atoms with Gasteiger partial charge in [0.15, 0.2) is 0 Å². The molecule has 15 heavy (non-hydrogen) atoms. The van der Waals surface area contributed by atoms with Gasteiger partial charge in [0.1, 0.15) is 5.69 Å². The van der Waals surface area contributed by atoms with E-state index in [0.717, 1.165) is 6.54 Å². The van der Waals surface area contributed by atoms with Gasteiger partial charge in [-0.1, -0.05) is 6.92 Å². The van der Waals surface area contributed by atoms with Gasteiger partial charge < -0.3 is 10.6 Å². The Bertz CT molecular complexity index is 302. The summed E-state index contributed by atoms with van der Waals surface area (Å²) in [6.07, 6.45) is 4.50. The first kappa shape index (κ1) is 11.6. The first-order chi connectivity index (χ1) is 7.24. The minimum Gasteiger partial charge on any atom is -0.350 e. The van der Waals surface area contributed by atoms with Crippen LogP contribution in [0.4, 0.5) is 0 Å². The molecule has 82 valence electrons. The van der Waals surface area contributed by atoms with E-state index >= 15 is 0 Å². The smallest absolute Gasteiger partial charge is 0.271 e. The summed E-state index contributed by atoms with van der Waals surface area (Å²) < 4.78 is 0. The average Bonchev–Trinajstić information content (AvgIpc) is 2.27.